The summed E-state index contributed by atoms with van der Waals surface area (Å²) in [7, 11) is 0. The first-order chi connectivity index (χ1) is 14.2. The van der Waals surface area contributed by atoms with Gasteiger partial charge in [0.05, 0.1) is 6.20 Å². The Morgan fingerprint density at radius 3 is 2.66 bits per heavy atom. The fourth-order valence-electron chi connectivity index (χ4n) is 5.33. The lowest BCUT2D eigenvalue weighted by Crippen LogP contribution is -2.48. The molecule has 156 valence electrons. The van der Waals surface area contributed by atoms with Crippen LogP contribution in [0.2, 0.25) is 0 Å². The molecule has 2 aliphatic rings. The van der Waals surface area contributed by atoms with Crippen molar-refractivity contribution in [3.63, 3.8) is 0 Å². The van der Waals surface area contributed by atoms with Crippen LogP contribution in [0.4, 0.5) is 0 Å². The Balaban J connectivity index is 1.62. The van der Waals surface area contributed by atoms with Crippen LogP contribution in [-0.4, -0.2) is 50.2 Å². The number of aryl methyl sites for hydroxylation is 1. The molecule has 2 saturated heterocycles. The van der Waals surface area contributed by atoms with Gasteiger partial charge in [0, 0.05) is 56.4 Å². The van der Waals surface area contributed by atoms with Gasteiger partial charge in [-0.2, -0.15) is 5.10 Å². The van der Waals surface area contributed by atoms with Crippen molar-refractivity contribution in [2.75, 3.05) is 6.54 Å². The van der Waals surface area contributed by atoms with Crippen molar-refractivity contribution in [3.8, 4) is 0 Å². The molecular formula is C24H34N4O. The second-order valence-corrected chi connectivity index (χ2v) is 8.65. The van der Waals surface area contributed by atoms with Gasteiger partial charge in [-0.1, -0.05) is 43.2 Å². The Labute approximate surface area is 174 Å². The summed E-state index contributed by atoms with van der Waals surface area (Å²) in [6, 6.07) is 12.0. The monoisotopic (exact) mass is 394 g/mol. The number of hydrogen-bond donors (Lipinski definition) is 0. The topological polar surface area (TPSA) is 41.4 Å². The van der Waals surface area contributed by atoms with Crippen LogP contribution in [0.25, 0.3) is 0 Å². The van der Waals surface area contributed by atoms with Crippen LogP contribution in [0.5, 0.6) is 0 Å². The minimum atomic E-state index is 0.237. The molecule has 3 atom stereocenters. The van der Waals surface area contributed by atoms with Crippen LogP contribution in [0.3, 0.4) is 0 Å². The molecule has 0 radical (unpaired) electrons. The van der Waals surface area contributed by atoms with E-state index in [1.165, 1.54) is 30.4 Å². The van der Waals surface area contributed by atoms with Crippen molar-refractivity contribution in [2.45, 2.75) is 83.6 Å². The maximum absolute atomic E-state index is 12.5. The summed E-state index contributed by atoms with van der Waals surface area (Å²) in [5, 5.41) is 4.49. The Morgan fingerprint density at radius 2 is 1.93 bits per heavy atom. The number of fused-ring (bicyclic) bond motifs is 1. The Bertz CT molecular complexity index is 802. The van der Waals surface area contributed by atoms with Crippen molar-refractivity contribution in [1.29, 1.82) is 0 Å². The van der Waals surface area contributed by atoms with Gasteiger partial charge in [0.2, 0.25) is 5.91 Å². The summed E-state index contributed by atoms with van der Waals surface area (Å²) in [4.78, 5) is 17.3. The third-order valence-corrected chi connectivity index (χ3v) is 6.75. The average molecular weight is 395 g/mol. The number of hydrogen-bond acceptors (Lipinski definition) is 3. The quantitative estimate of drug-likeness (QED) is 0.773. The van der Waals surface area contributed by atoms with Crippen molar-refractivity contribution in [3.05, 3.63) is 53.9 Å². The summed E-state index contributed by atoms with van der Waals surface area (Å²) in [6.45, 7) is 6.61. The SMILES string of the molecule is CCn1cc(CN2[C@H](Cc3ccccc3)C[C@H]3[C@H]2CCCCCN3C(C)=O)cn1. The number of carbonyl (C=O) groups excluding carboxylic acids is 1. The molecule has 4 rings (SSSR count). The summed E-state index contributed by atoms with van der Waals surface area (Å²) < 4.78 is 2.01. The molecule has 2 fully saturated rings. The van der Waals surface area contributed by atoms with Gasteiger partial charge >= 0.3 is 0 Å². The first-order valence-corrected chi connectivity index (χ1v) is 11.2. The number of nitrogens with zero attached hydrogens (tertiary/aromatic N) is 4. The molecule has 0 unspecified atom stereocenters. The number of amides is 1. The van der Waals surface area contributed by atoms with Gasteiger partial charge < -0.3 is 4.90 Å². The van der Waals surface area contributed by atoms with Gasteiger partial charge in [-0.15, -0.1) is 0 Å². The summed E-state index contributed by atoms with van der Waals surface area (Å²) >= 11 is 0. The summed E-state index contributed by atoms with van der Waals surface area (Å²) in [5.41, 5.74) is 2.66. The maximum Gasteiger partial charge on any atom is 0.219 e. The fraction of sp³-hybridized carbons (Fsp3) is 0.583. The summed E-state index contributed by atoms with van der Waals surface area (Å²) in [6.07, 6.45) is 11.1. The van der Waals surface area contributed by atoms with Crippen molar-refractivity contribution in [2.24, 2.45) is 0 Å². The first-order valence-electron chi connectivity index (χ1n) is 11.2. The van der Waals surface area contributed by atoms with E-state index in [0.717, 1.165) is 38.9 Å². The highest BCUT2D eigenvalue weighted by Gasteiger charge is 2.44. The van der Waals surface area contributed by atoms with Gasteiger partial charge in [-0.3, -0.25) is 14.4 Å². The van der Waals surface area contributed by atoms with Crippen molar-refractivity contribution in [1.82, 2.24) is 19.6 Å². The van der Waals surface area contributed by atoms with Gasteiger partial charge in [0.15, 0.2) is 0 Å². The highest BCUT2D eigenvalue weighted by Crippen LogP contribution is 2.36. The second-order valence-electron chi connectivity index (χ2n) is 8.65. The van der Waals surface area contributed by atoms with Crippen LogP contribution in [0, 0.1) is 0 Å². The molecular weight excluding hydrogens is 360 g/mol. The molecule has 1 amide bonds. The normalized spacial score (nSPS) is 25.4. The van der Waals surface area contributed by atoms with E-state index < -0.39 is 0 Å². The van der Waals surface area contributed by atoms with E-state index in [2.05, 4.69) is 58.4 Å². The third kappa shape index (κ3) is 4.55. The predicted molar refractivity (Wildman–Crippen MR) is 115 cm³/mol. The smallest absolute Gasteiger partial charge is 0.219 e. The molecule has 5 heteroatoms. The zero-order valence-corrected chi connectivity index (χ0v) is 17.8. The van der Waals surface area contributed by atoms with Crippen LogP contribution in [0.15, 0.2) is 42.7 Å². The molecule has 5 nitrogen and oxygen atoms in total. The average Bonchev–Trinajstić information content (AvgIpc) is 3.28. The first kappa shape index (κ1) is 20.1. The van der Waals surface area contributed by atoms with Gasteiger partial charge in [-0.25, -0.2) is 0 Å². The largest absolute Gasteiger partial charge is 0.338 e. The number of rotatable bonds is 5. The minimum absolute atomic E-state index is 0.237. The predicted octanol–water partition coefficient (Wildman–Crippen LogP) is 3.88. The lowest BCUT2D eigenvalue weighted by Gasteiger charge is -2.37. The van der Waals surface area contributed by atoms with Crippen LogP contribution in [-0.2, 0) is 24.3 Å². The van der Waals surface area contributed by atoms with E-state index in [9.17, 15) is 4.79 Å². The minimum Gasteiger partial charge on any atom is -0.338 e. The maximum atomic E-state index is 12.5. The lowest BCUT2D eigenvalue weighted by molar-refractivity contribution is -0.132. The van der Waals surface area contributed by atoms with E-state index in [4.69, 9.17) is 0 Å². The number of likely N-dealkylation sites (tertiary alicyclic amines) is 2. The number of aromatic nitrogens is 2. The number of carbonyl (C=O) groups is 1. The summed E-state index contributed by atoms with van der Waals surface area (Å²) in [5.74, 6) is 0.237. The van der Waals surface area contributed by atoms with E-state index in [1.54, 1.807) is 6.92 Å². The van der Waals surface area contributed by atoms with Gasteiger partial charge in [0.25, 0.3) is 0 Å². The van der Waals surface area contributed by atoms with E-state index >= 15 is 0 Å². The van der Waals surface area contributed by atoms with Crippen molar-refractivity contribution >= 4 is 5.91 Å². The number of benzene rings is 1. The highest BCUT2D eigenvalue weighted by molar-refractivity contribution is 5.73. The lowest BCUT2D eigenvalue weighted by atomic mass is 9.96. The Morgan fingerprint density at radius 1 is 1.10 bits per heavy atom. The zero-order valence-electron chi connectivity index (χ0n) is 17.8. The molecule has 0 N–H and O–H groups in total. The van der Waals surface area contributed by atoms with E-state index in [0.29, 0.717) is 18.1 Å². The zero-order chi connectivity index (χ0) is 20.2. The Kier molecular flexibility index (Phi) is 6.34. The van der Waals surface area contributed by atoms with E-state index in [-0.39, 0.29) is 5.91 Å². The molecule has 1 aromatic heterocycles. The molecule has 0 aliphatic carbocycles. The Hall–Kier alpha value is -2.14. The molecule has 1 aromatic carbocycles. The van der Waals surface area contributed by atoms with Crippen LogP contribution < -0.4 is 0 Å². The molecule has 0 spiro atoms. The molecule has 0 saturated carbocycles. The third-order valence-electron chi connectivity index (χ3n) is 6.75. The van der Waals surface area contributed by atoms with E-state index in [1.807, 2.05) is 10.9 Å². The van der Waals surface area contributed by atoms with Crippen LogP contribution >= 0.6 is 0 Å². The van der Waals surface area contributed by atoms with Crippen molar-refractivity contribution < 1.29 is 4.79 Å². The van der Waals surface area contributed by atoms with Crippen LogP contribution in [0.1, 0.15) is 57.1 Å². The van der Waals surface area contributed by atoms with Gasteiger partial charge in [-0.05, 0) is 38.2 Å². The molecule has 29 heavy (non-hydrogen) atoms. The second kappa shape index (κ2) is 9.12. The molecule has 0 bridgehead atoms. The van der Waals surface area contributed by atoms with Gasteiger partial charge in [0.1, 0.15) is 0 Å². The fourth-order valence-corrected chi connectivity index (χ4v) is 5.33. The standard InChI is InChI=1S/C24H34N4O/c1-3-26-17-21(16-25-26)18-28-22(14-20-10-6-4-7-11-20)15-24-23(28)12-8-5-9-13-27(24)19(2)29/h4,6-7,10-11,16-17,22-24H,3,5,8-9,12-15,18H2,1-2H3/t22-,23-,24+/m1/s1. The molecule has 2 aliphatic heterocycles. The highest BCUT2D eigenvalue weighted by atomic mass is 16.2. The molecule has 2 aromatic rings. The molecule has 3 heterocycles.